The molecular weight excluding hydrogens is 178 g/mol. The third kappa shape index (κ3) is 1.69. The Morgan fingerprint density at radius 2 is 1.86 bits per heavy atom. The molecule has 0 spiro atoms. The van der Waals surface area contributed by atoms with Crippen molar-refractivity contribution in [1.29, 1.82) is 0 Å². The Bertz CT molecular complexity index is 399. The zero-order valence-electron chi connectivity index (χ0n) is 7.71. The van der Waals surface area contributed by atoms with E-state index in [9.17, 15) is 0 Å². The smallest absolute Gasteiger partial charge is 0.178 e. The Morgan fingerprint density at radius 1 is 1.07 bits per heavy atom. The molecule has 0 aliphatic rings. The van der Waals surface area contributed by atoms with Crippen LogP contribution in [0.4, 0.5) is 0 Å². The second-order valence-electron chi connectivity index (χ2n) is 2.66. The van der Waals surface area contributed by atoms with Gasteiger partial charge in [0, 0.05) is 12.4 Å². The number of nitrogens with zero attached hydrogens (tertiary/aromatic N) is 3. The number of pyridine rings is 1. The van der Waals surface area contributed by atoms with E-state index in [1.807, 2.05) is 12.1 Å². The van der Waals surface area contributed by atoms with Gasteiger partial charge in [-0.1, -0.05) is 0 Å². The van der Waals surface area contributed by atoms with Gasteiger partial charge < -0.3 is 4.74 Å². The fraction of sp³-hybridized carbons (Fsp3) is 0.100. The van der Waals surface area contributed by atoms with Gasteiger partial charge in [-0.25, -0.2) is 15.0 Å². The quantitative estimate of drug-likeness (QED) is 0.715. The molecule has 4 nitrogen and oxygen atoms in total. The lowest BCUT2D eigenvalue weighted by Crippen LogP contribution is -1.90. The lowest BCUT2D eigenvalue weighted by Gasteiger charge is -2.00. The highest BCUT2D eigenvalue weighted by Gasteiger charge is 2.00. The van der Waals surface area contributed by atoms with Crippen LogP contribution < -0.4 is 4.74 Å². The predicted molar refractivity (Wildman–Crippen MR) is 51.8 cm³/mol. The molecule has 2 aromatic heterocycles. The van der Waals surface area contributed by atoms with Gasteiger partial charge >= 0.3 is 0 Å². The van der Waals surface area contributed by atoms with Crippen molar-refractivity contribution in [1.82, 2.24) is 15.0 Å². The highest BCUT2D eigenvalue weighted by molar-refractivity contribution is 5.48. The molecular formula is C10H9N3O. The van der Waals surface area contributed by atoms with Gasteiger partial charge in [-0.15, -0.1) is 0 Å². The largest absolute Gasteiger partial charge is 0.495 e. The van der Waals surface area contributed by atoms with E-state index in [0.29, 0.717) is 5.82 Å². The van der Waals surface area contributed by atoms with Crippen molar-refractivity contribution in [2.24, 2.45) is 0 Å². The maximum atomic E-state index is 5.00. The van der Waals surface area contributed by atoms with Crippen LogP contribution in [0.25, 0.3) is 11.5 Å². The van der Waals surface area contributed by atoms with Crippen LogP contribution in [0.5, 0.6) is 5.75 Å². The molecule has 14 heavy (non-hydrogen) atoms. The molecule has 0 amide bonds. The van der Waals surface area contributed by atoms with Gasteiger partial charge in [0.15, 0.2) is 5.82 Å². The van der Waals surface area contributed by atoms with Gasteiger partial charge in [-0.3, -0.25) is 0 Å². The zero-order chi connectivity index (χ0) is 9.80. The van der Waals surface area contributed by atoms with Crippen molar-refractivity contribution in [2.45, 2.75) is 0 Å². The number of aromatic nitrogens is 3. The minimum absolute atomic E-state index is 0.621. The second kappa shape index (κ2) is 3.83. The Morgan fingerprint density at radius 3 is 2.43 bits per heavy atom. The number of rotatable bonds is 2. The molecule has 0 bridgehead atoms. The third-order valence-electron chi connectivity index (χ3n) is 1.77. The monoisotopic (exact) mass is 187 g/mol. The predicted octanol–water partition coefficient (Wildman–Crippen LogP) is 1.55. The Hall–Kier alpha value is -1.97. The normalized spacial score (nSPS) is 9.79. The van der Waals surface area contributed by atoms with Crippen molar-refractivity contribution in [3.8, 4) is 17.3 Å². The minimum atomic E-state index is 0.621. The van der Waals surface area contributed by atoms with Crippen molar-refractivity contribution in [2.75, 3.05) is 7.11 Å². The van der Waals surface area contributed by atoms with Gasteiger partial charge in [0.2, 0.25) is 0 Å². The van der Waals surface area contributed by atoms with Crippen LogP contribution in [0, 0.1) is 0 Å². The van der Waals surface area contributed by atoms with E-state index in [2.05, 4.69) is 15.0 Å². The number of hydrogen-bond donors (Lipinski definition) is 0. The standard InChI is InChI=1S/C10H9N3O/c1-14-8-3-4-9(13-7-8)10-11-5-2-6-12-10/h2-7H,1H3. The molecule has 0 aromatic carbocycles. The van der Waals surface area contributed by atoms with E-state index in [1.54, 1.807) is 31.8 Å². The van der Waals surface area contributed by atoms with E-state index in [0.717, 1.165) is 11.4 Å². The summed E-state index contributed by atoms with van der Waals surface area (Å²) in [5, 5.41) is 0. The molecule has 0 aliphatic heterocycles. The molecule has 0 unspecified atom stereocenters. The molecule has 70 valence electrons. The molecule has 0 saturated heterocycles. The zero-order valence-corrected chi connectivity index (χ0v) is 7.71. The topological polar surface area (TPSA) is 47.9 Å². The van der Waals surface area contributed by atoms with Crippen molar-refractivity contribution in [3.63, 3.8) is 0 Å². The maximum Gasteiger partial charge on any atom is 0.178 e. The van der Waals surface area contributed by atoms with Crippen LogP contribution in [0.15, 0.2) is 36.8 Å². The molecule has 0 N–H and O–H groups in total. The first-order valence-electron chi connectivity index (χ1n) is 4.17. The number of ether oxygens (including phenoxy) is 1. The van der Waals surface area contributed by atoms with Crippen LogP contribution >= 0.6 is 0 Å². The SMILES string of the molecule is COc1ccc(-c2ncccn2)nc1. The average Bonchev–Trinajstić information content (AvgIpc) is 2.30. The van der Waals surface area contributed by atoms with Crippen LogP contribution in [-0.4, -0.2) is 22.1 Å². The molecule has 0 fully saturated rings. The molecule has 0 radical (unpaired) electrons. The van der Waals surface area contributed by atoms with E-state index in [4.69, 9.17) is 4.74 Å². The van der Waals surface area contributed by atoms with E-state index >= 15 is 0 Å². The Kier molecular flexibility index (Phi) is 2.36. The highest BCUT2D eigenvalue weighted by Crippen LogP contribution is 2.14. The van der Waals surface area contributed by atoms with Crippen LogP contribution in [0.1, 0.15) is 0 Å². The molecule has 2 rings (SSSR count). The molecule has 2 heterocycles. The van der Waals surface area contributed by atoms with Crippen molar-refractivity contribution < 1.29 is 4.74 Å². The van der Waals surface area contributed by atoms with Crippen molar-refractivity contribution in [3.05, 3.63) is 36.8 Å². The van der Waals surface area contributed by atoms with Crippen LogP contribution in [0.3, 0.4) is 0 Å². The number of methoxy groups -OCH3 is 1. The molecule has 0 saturated carbocycles. The summed E-state index contributed by atoms with van der Waals surface area (Å²) in [7, 11) is 1.61. The summed E-state index contributed by atoms with van der Waals surface area (Å²) in [4.78, 5) is 12.3. The van der Waals surface area contributed by atoms with E-state index in [1.165, 1.54) is 0 Å². The van der Waals surface area contributed by atoms with Gasteiger partial charge in [-0.2, -0.15) is 0 Å². The van der Waals surface area contributed by atoms with Gasteiger partial charge in [0.25, 0.3) is 0 Å². The summed E-state index contributed by atoms with van der Waals surface area (Å²) >= 11 is 0. The van der Waals surface area contributed by atoms with Crippen LogP contribution in [0.2, 0.25) is 0 Å². The fourth-order valence-electron chi connectivity index (χ4n) is 1.06. The molecule has 0 aliphatic carbocycles. The molecule has 4 heteroatoms. The lowest BCUT2D eigenvalue weighted by atomic mass is 10.3. The summed E-state index contributed by atoms with van der Waals surface area (Å²) < 4.78 is 5.00. The van der Waals surface area contributed by atoms with Gasteiger partial charge in [-0.05, 0) is 18.2 Å². The van der Waals surface area contributed by atoms with Crippen LogP contribution in [-0.2, 0) is 0 Å². The van der Waals surface area contributed by atoms with Crippen molar-refractivity contribution >= 4 is 0 Å². The summed E-state index contributed by atoms with van der Waals surface area (Å²) in [6.07, 6.45) is 5.02. The summed E-state index contributed by atoms with van der Waals surface area (Å²) in [6, 6.07) is 5.43. The maximum absolute atomic E-state index is 5.00. The first kappa shape index (κ1) is 8.62. The second-order valence-corrected chi connectivity index (χ2v) is 2.66. The van der Waals surface area contributed by atoms with Gasteiger partial charge in [0.1, 0.15) is 11.4 Å². The fourth-order valence-corrected chi connectivity index (χ4v) is 1.06. The van der Waals surface area contributed by atoms with E-state index < -0.39 is 0 Å². The first-order valence-corrected chi connectivity index (χ1v) is 4.17. The first-order chi connectivity index (χ1) is 6.90. The van der Waals surface area contributed by atoms with Gasteiger partial charge in [0.05, 0.1) is 13.3 Å². The summed E-state index contributed by atoms with van der Waals surface area (Å²) in [5.74, 6) is 1.35. The summed E-state index contributed by atoms with van der Waals surface area (Å²) in [5.41, 5.74) is 0.742. The molecule has 0 atom stereocenters. The molecule has 2 aromatic rings. The number of hydrogen-bond acceptors (Lipinski definition) is 4. The highest BCUT2D eigenvalue weighted by atomic mass is 16.5. The average molecular weight is 187 g/mol. The minimum Gasteiger partial charge on any atom is -0.495 e. The summed E-state index contributed by atoms with van der Waals surface area (Å²) in [6.45, 7) is 0. The Labute approximate surface area is 81.6 Å². The van der Waals surface area contributed by atoms with E-state index in [-0.39, 0.29) is 0 Å². The Balaban J connectivity index is 2.34. The third-order valence-corrected chi connectivity index (χ3v) is 1.77. The lowest BCUT2D eigenvalue weighted by molar-refractivity contribution is 0.413.